The molecule has 3 aromatic heterocycles. The van der Waals surface area contributed by atoms with Crippen LogP contribution in [-0.4, -0.2) is 55.8 Å². The van der Waals surface area contributed by atoms with Crippen molar-refractivity contribution in [2.75, 3.05) is 19.3 Å². The molecule has 7 nitrogen and oxygen atoms in total. The van der Waals surface area contributed by atoms with Crippen molar-refractivity contribution in [2.24, 2.45) is 0 Å². The zero-order chi connectivity index (χ0) is 19.2. The molecule has 4 heterocycles. The second kappa shape index (κ2) is 6.57. The summed E-state index contributed by atoms with van der Waals surface area (Å²) < 4.78 is 45.0. The Morgan fingerprint density at radius 1 is 1.33 bits per heavy atom. The molecule has 1 amide bonds. The van der Waals surface area contributed by atoms with Gasteiger partial charge in [0, 0.05) is 42.8 Å². The Hall–Kier alpha value is -2.53. The fourth-order valence-corrected chi connectivity index (χ4v) is 3.51. The number of amides is 1. The summed E-state index contributed by atoms with van der Waals surface area (Å²) in [7, 11) is 0. The average Bonchev–Trinajstić information content (AvgIpc) is 3.24. The molecule has 3 aromatic rings. The molecule has 0 aliphatic carbocycles. The van der Waals surface area contributed by atoms with Crippen LogP contribution in [0.4, 0.5) is 13.2 Å². The number of hydrogen-bond acceptors (Lipinski definition) is 5. The number of nitrogens with one attached hydrogen (secondary N) is 2. The summed E-state index contributed by atoms with van der Waals surface area (Å²) in [5.41, 5.74) is -0.360. The number of pyridine rings is 1. The van der Waals surface area contributed by atoms with E-state index in [0.717, 1.165) is 6.07 Å². The number of rotatable bonds is 4. The first-order valence-electron chi connectivity index (χ1n) is 8.03. The van der Waals surface area contributed by atoms with Gasteiger partial charge < -0.3 is 9.30 Å². The lowest BCUT2D eigenvalue weighted by atomic mass is 10.1. The smallest absolute Gasteiger partial charge is 0.334 e. The van der Waals surface area contributed by atoms with Gasteiger partial charge >= 0.3 is 6.18 Å². The summed E-state index contributed by atoms with van der Waals surface area (Å²) in [4.78, 5) is 18.1. The molecule has 27 heavy (non-hydrogen) atoms. The van der Waals surface area contributed by atoms with Crippen molar-refractivity contribution in [3.8, 4) is 11.1 Å². The van der Waals surface area contributed by atoms with E-state index in [9.17, 15) is 18.0 Å². The maximum absolute atomic E-state index is 13.5. The molecule has 1 fully saturated rings. The second-order valence-corrected chi connectivity index (χ2v) is 6.86. The molecule has 2 N–H and O–H groups in total. The van der Waals surface area contributed by atoms with Crippen LogP contribution in [0.25, 0.3) is 16.8 Å². The van der Waals surface area contributed by atoms with Crippen LogP contribution in [0, 0.1) is 0 Å². The standard InChI is InChI=1S/C16H15F3N6OS/c1-27-23-11-6-25(7-11)15(26)13-8-24-5-9(10-3-20-21-4-10)2-12(14(24)22-13)16(17,18)19/h2-5,8,11,23H,6-7H2,1H3,(H,20,21). The highest BCUT2D eigenvalue weighted by atomic mass is 32.2. The number of aromatic nitrogens is 4. The Bertz CT molecular complexity index is 978. The van der Waals surface area contributed by atoms with Crippen molar-refractivity contribution in [1.82, 2.24) is 29.2 Å². The highest BCUT2D eigenvalue weighted by molar-refractivity contribution is 7.96. The van der Waals surface area contributed by atoms with E-state index < -0.39 is 11.7 Å². The number of H-pyrrole nitrogens is 1. The molecule has 0 aromatic carbocycles. The molecule has 142 valence electrons. The van der Waals surface area contributed by atoms with Crippen molar-refractivity contribution in [3.63, 3.8) is 0 Å². The predicted octanol–water partition coefficient (Wildman–Crippen LogP) is 2.44. The molecule has 0 unspecified atom stereocenters. The maximum atomic E-state index is 13.5. The van der Waals surface area contributed by atoms with E-state index in [1.807, 2.05) is 6.26 Å². The van der Waals surface area contributed by atoms with Gasteiger partial charge in [0.05, 0.1) is 17.8 Å². The van der Waals surface area contributed by atoms with Crippen LogP contribution >= 0.6 is 11.9 Å². The first-order valence-corrected chi connectivity index (χ1v) is 9.26. The minimum absolute atomic E-state index is 0.00700. The Kier molecular flexibility index (Phi) is 4.35. The topological polar surface area (TPSA) is 78.3 Å². The summed E-state index contributed by atoms with van der Waals surface area (Å²) in [6.07, 6.45) is 3.07. The summed E-state index contributed by atoms with van der Waals surface area (Å²) in [5, 5.41) is 6.35. The number of halogens is 3. The molecule has 0 radical (unpaired) electrons. The number of alkyl halides is 3. The molecule has 0 saturated carbocycles. The first-order chi connectivity index (χ1) is 12.9. The molecule has 1 saturated heterocycles. The number of nitrogens with zero attached hydrogens (tertiary/aromatic N) is 4. The van der Waals surface area contributed by atoms with E-state index in [0.29, 0.717) is 24.2 Å². The molecule has 11 heteroatoms. The Morgan fingerprint density at radius 2 is 2.11 bits per heavy atom. The summed E-state index contributed by atoms with van der Waals surface area (Å²) >= 11 is 1.46. The number of likely N-dealkylation sites (tertiary alicyclic amines) is 1. The van der Waals surface area contributed by atoms with Gasteiger partial charge in [0.2, 0.25) is 0 Å². The average molecular weight is 396 g/mol. The lowest BCUT2D eigenvalue weighted by molar-refractivity contribution is -0.136. The van der Waals surface area contributed by atoms with Gasteiger partial charge in [-0.25, -0.2) is 4.98 Å². The van der Waals surface area contributed by atoms with E-state index in [-0.39, 0.29) is 23.3 Å². The predicted molar refractivity (Wildman–Crippen MR) is 94.1 cm³/mol. The molecule has 1 aliphatic rings. The van der Waals surface area contributed by atoms with Gasteiger partial charge in [-0.15, -0.1) is 0 Å². The van der Waals surface area contributed by atoms with Gasteiger partial charge in [-0.05, 0) is 12.3 Å². The Morgan fingerprint density at radius 3 is 2.74 bits per heavy atom. The van der Waals surface area contributed by atoms with Crippen molar-refractivity contribution < 1.29 is 18.0 Å². The van der Waals surface area contributed by atoms with Gasteiger partial charge in [0.15, 0.2) is 0 Å². The molecule has 4 rings (SSSR count). The van der Waals surface area contributed by atoms with Gasteiger partial charge in [-0.2, -0.15) is 18.3 Å². The fourth-order valence-electron chi connectivity index (χ4n) is 3.02. The van der Waals surface area contributed by atoms with E-state index in [1.54, 1.807) is 4.90 Å². The highest BCUT2D eigenvalue weighted by Gasteiger charge is 2.36. The van der Waals surface area contributed by atoms with E-state index in [1.165, 1.54) is 41.1 Å². The van der Waals surface area contributed by atoms with E-state index in [2.05, 4.69) is 19.9 Å². The lowest BCUT2D eigenvalue weighted by Gasteiger charge is -2.38. The third-order valence-corrected chi connectivity index (χ3v) is 4.93. The third-order valence-electron chi connectivity index (χ3n) is 4.36. The zero-order valence-electron chi connectivity index (χ0n) is 14.1. The van der Waals surface area contributed by atoms with Crippen molar-refractivity contribution in [2.45, 2.75) is 12.2 Å². The minimum Gasteiger partial charge on any atom is -0.334 e. The quantitative estimate of drug-likeness (QED) is 0.663. The number of hydrogen-bond donors (Lipinski definition) is 2. The third kappa shape index (κ3) is 3.28. The molecular formula is C16H15F3N6OS. The first kappa shape index (κ1) is 17.9. The Labute approximate surface area is 156 Å². The molecule has 1 aliphatic heterocycles. The highest BCUT2D eigenvalue weighted by Crippen LogP contribution is 2.35. The number of imidazole rings is 1. The molecular weight excluding hydrogens is 381 g/mol. The molecule has 0 spiro atoms. The van der Waals surface area contributed by atoms with Gasteiger partial charge in [-0.1, -0.05) is 11.9 Å². The van der Waals surface area contributed by atoms with Crippen LogP contribution in [0.15, 0.2) is 30.9 Å². The lowest BCUT2D eigenvalue weighted by Crippen LogP contribution is -2.58. The summed E-state index contributed by atoms with van der Waals surface area (Å²) in [6, 6.07) is 1.20. The van der Waals surface area contributed by atoms with Crippen molar-refractivity contribution >= 4 is 23.5 Å². The van der Waals surface area contributed by atoms with Crippen LogP contribution in [0.5, 0.6) is 0 Å². The van der Waals surface area contributed by atoms with E-state index >= 15 is 0 Å². The monoisotopic (exact) mass is 396 g/mol. The van der Waals surface area contributed by atoms with E-state index in [4.69, 9.17) is 0 Å². The van der Waals surface area contributed by atoms with Crippen molar-refractivity contribution in [3.05, 3.63) is 42.1 Å². The SMILES string of the molecule is CSNC1CN(C(=O)c2cn3cc(-c4cn[nH]c4)cc(C(F)(F)F)c3n2)C1. The van der Waals surface area contributed by atoms with Gasteiger partial charge in [0.25, 0.3) is 5.91 Å². The van der Waals surface area contributed by atoms with Crippen molar-refractivity contribution in [1.29, 1.82) is 0 Å². The van der Waals surface area contributed by atoms with Crippen LogP contribution in [0.3, 0.4) is 0 Å². The fraction of sp³-hybridized carbons (Fsp3) is 0.312. The van der Waals surface area contributed by atoms with Gasteiger partial charge in [-0.3, -0.25) is 14.6 Å². The number of fused-ring (bicyclic) bond motifs is 1. The van der Waals surface area contributed by atoms with Gasteiger partial charge in [0.1, 0.15) is 11.3 Å². The zero-order valence-corrected chi connectivity index (χ0v) is 14.9. The second-order valence-electron chi connectivity index (χ2n) is 6.21. The minimum atomic E-state index is -4.60. The Balaban J connectivity index is 1.72. The number of carbonyl (C=O) groups excluding carboxylic acids is 1. The van der Waals surface area contributed by atoms with Crippen LogP contribution in [0.2, 0.25) is 0 Å². The van der Waals surface area contributed by atoms with Crippen LogP contribution in [0.1, 0.15) is 16.1 Å². The van der Waals surface area contributed by atoms with Crippen LogP contribution < -0.4 is 4.72 Å². The maximum Gasteiger partial charge on any atom is 0.420 e. The number of aromatic amines is 1. The normalized spacial score (nSPS) is 15.3. The molecule has 0 atom stereocenters. The summed E-state index contributed by atoms with van der Waals surface area (Å²) in [5.74, 6) is -0.379. The van der Waals surface area contributed by atoms with Crippen LogP contribution in [-0.2, 0) is 6.18 Å². The molecule has 0 bridgehead atoms. The largest absolute Gasteiger partial charge is 0.420 e. The number of carbonyl (C=O) groups is 1. The summed E-state index contributed by atoms with van der Waals surface area (Å²) in [6.45, 7) is 1.000.